The largest absolute Gasteiger partial charge is 0.469 e. The molecule has 0 aliphatic carbocycles. The lowest BCUT2D eigenvalue weighted by molar-refractivity contribution is -0.140. The minimum absolute atomic E-state index is 0.232. The van der Waals surface area contributed by atoms with Gasteiger partial charge in [-0.15, -0.1) is 0 Å². The average Bonchev–Trinajstić information content (AvgIpc) is 3.08. The smallest absolute Gasteiger partial charge is 0.305 e. The fraction of sp³-hybridized carbons (Fsp3) is 0.619. The van der Waals surface area contributed by atoms with Crippen molar-refractivity contribution < 1.29 is 14.1 Å². The number of aromatic nitrogens is 1. The van der Waals surface area contributed by atoms with Crippen molar-refractivity contribution in [1.29, 1.82) is 0 Å². The lowest BCUT2D eigenvalue weighted by Crippen LogP contribution is -2.01. The summed E-state index contributed by atoms with van der Waals surface area (Å²) < 4.78 is 9.81. The van der Waals surface area contributed by atoms with Crippen LogP contribution >= 0.6 is 0 Å². The van der Waals surface area contributed by atoms with Crippen LogP contribution in [0.1, 0.15) is 82.6 Å². The number of carbonyl (C=O) groups is 1. The molecule has 0 aliphatic heterocycles. The molecule has 140 valence electrons. The molecule has 1 heterocycles. The quantitative estimate of drug-likeness (QED) is 0.239. The molecule has 0 amide bonds. The first-order valence-electron chi connectivity index (χ1n) is 9.62. The maximum absolute atomic E-state index is 11.1. The van der Waals surface area contributed by atoms with Crippen molar-refractivity contribution >= 4 is 12.0 Å². The van der Waals surface area contributed by atoms with Crippen LogP contribution in [0.5, 0.6) is 0 Å². The van der Waals surface area contributed by atoms with Gasteiger partial charge in [0.25, 0.3) is 0 Å². The van der Waals surface area contributed by atoms with Crippen molar-refractivity contribution in [1.82, 2.24) is 5.16 Å². The van der Waals surface area contributed by atoms with Crippen LogP contribution < -0.4 is 0 Å². The van der Waals surface area contributed by atoms with Crippen LogP contribution in [0.3, 0.4) is 0 Å². The molecule has 0 aromatic carbocycles. The summed E-state index contributed by atoms with van der Waals surface area (Å²) in [4.78, 5) is 11.1. The first-order chi connectivity index (χ1) is 12.3. The van der Waals surface area contributed by atoms with Gasteiger partial charge in [-0.25, -0.2) is 0 Å². The molecule has 1 rings (SSSR count). The zero-order valence-electron chi connectivity index (χ0n) is 15.8. The molecule has 0 radical (unpaired) electrons. The number of carbonyl (C=O) groups excluding carboxylic acids is 1. The van der Waals surface area contributed by atoms with E-state index in [2.05, 4.69) is 29.0 Å². The van der Waals surface area contributed by atoms with E-state index in [1.807, 2.05) is 18.2 Å². The standard InChI is InChI=1S/C21H33NO3/c1-3-4-5-6-7-8-9-10-11-12-13-14-15-20-18-19(22-25-20)16-17-21(23)24-2/h12-15,18H,3-11,16-17H2,1-2H3/b13-12+,15-14+. The third kappa shape index (κ3) is 11.4. The van der Waals surface area contributed by atoms with E-state index in [1.165, 1.54) is 58.5 Å². The molecule has 0 N–H and O–H groups in total. The first-order valence-corrected chi connectivity index (χ1v) is 9.62. The molecule has 4 nitrogen and oxygen atoms in total. The summed E-state index contributed by atoms with van der Waals surface area (Å²) in [5.41, 5.74) is 0.771. The lowest BCUT2D eigenvalue weighted by atomic mass is 10.1. The summed E-state index contributed by atoms with van der Waals surface area (Å²) in [6, 6.07) is 1.85. The zero-order valence-corrected chi connectivity index (χ0v) is 15.8. The molecule has 4 heteroatoms. The molecule has 25 heavy (non-hydrogen) atoms. The lowest BCUT2D eigenvalue weighted by Gasteiger charge is -1.99. The van der Waals surface area contributed by atoms with Gasteiger partial charge in [-0.2, -0.15) is 0 Å². The van der Waals surface area contributed by atoms with Crippen molar-refractivity contribution in [2.24, 2.45) is 0 Å². The van der Waals surface area contributed by atoms with E-state index in [0.29, 0.717) is 18.6 Å². The molecule has 1 aromatic heterocycles. The molecular weight excluding hydrogens is 314 g/mol. The highest BCUT2D eigenvalue weighted by molar-refractivity contribution is 5.69. The third-order valence-electron chi connectivity index (χ3n) is 4.12. The number of nitrogens with zero attached hydrogens (tertiary/aromatic N) is 1. The van der Waals surface area contributed by atoms with Crippen molar-refractivity contribution in [3.05, 3.63) is 35.7 Å². The van der Waals surface area contributed by atoms with Gasteiger partial charge in [0.2, 0.25) is 0 Å². The molecular formula is C21H33NO3. The van der Waals surface area contributed by atoms with E-state index in [4.69, 9.17) is 4.52 Å². The van der Waals surface area contributed by atoms with Gasteiger partial charge < -0.3 is 9.26 Å². The van der Waals surface area contributed by atoms with Gasteiger partial charge in [0.15, 0.2) is 5.76 Å². The van der Waals surface area contributed by atoms with Gasteiger partial charge in [-0.05, 0) is 18.9 Å². The topological polar surface area (TPSA) is 52.3 Å². The molecule has 0 bridgehead atoms. The van der Waals surface area contributed by atoms with Gasteiger partial charge in [0.1, 0.15) is 0 Å². The van der Waals surface area contributed by atoms with Gasteiger partial charge in [0.05, 0.1) is 19.2 Å². The molecule has 0 unspecified atom stereocenters. The minimum Gasteiger partial charge on any atom is -0.469 e. The number of methoxy groups -OCH3 is 1. The number of aryl methyl sites for hydroxylation is 1. The van der Waals surface area contributed by atoms with Crippen LogP contribution in [0.15, 0.2) is 28.8 Å². The van der Waals surface area contributed by atoms with Gasteiger partial charge in [-0.3, -0.25) is 4.79 Å². The number of hydrogen-bond acceptors (Lipinski definition) is 4. The zero-order chi connectivity index (χ0) is 18.2. The first kappa shape index (κ1) is 21.2. The molecule has 0 saturated carbocycles. The molecule has 0 spiro atoms. The summed E-state index contributed by atoms with van der Waals surface area (Å²) in [6.07, 6.45) is 20.9. The number of rotatable bonds is 14. The van der Waals surface area contributed by atoms with Crippen molar-refractivity contribution in [2.45, 2.75) is 77.6 Å². The second kappa shape index (κ2) is 14.5. The molecule has 0 fully saturated rings. The Morgan fingerprint density at radius 3 is 2.56 bits per heavy atom. The summed E-state index contributed by atoms with van der Waals surface area (Å²) in [5, 5.41) is 3.94. The van der Waals surface area contributed by atoms with Crippen LogP contribution in [0.2, 0.25) is 0 Å². The third-order valence-corrected chi connectivity index (χ3v) is 4.12. The number of ether oxygens (including phenoxy) is 1. The Balaban J connectivity index is 2.07. The van der Waals surface area contributed by atoms with Crippen LogP contribution in [-0.4, -0.2) is 18.2 Å². The predicted octanol–water partition coefficient (Wildman–Crippen LogP) is 5.88. The van der Waals surface area contributed by atoms with Crippen molar-refractivity contribution in [3.8, 4) is 0 Å². The fourth-order valence-electron chi connectivity index (χ4n) is 2.58. The Bertz CT molecular complexity index is 517. The van der Waals surface area contributed by atoms with Crippen molar-refractivity contribution in [3.63, 3.8) is 0 Å². The van der Waals surface area contributed by atoms with E-state index >= 15 is 0 Å². The van der Waals surface area contributed by atoms with Crippen LogP contribution in [0.25, 0.3) is 6.08 Å². The van der Waals surface area contributed by atoms with Crippen LogP contribution in [0.4, 0.5) is 0 Å². The second-order valence-electron chi connectivity index (χ2n) is 6.35. The molecule has 0 saturated heterocycles. The predicted molar refractivity (Wildman–Crippen MR) is 102 cm³/mol. The highest BCUT2D eigenvalue weighted by atomic mass is 16.5. The number of allylic oxidation sites excluding steroid dienone is 3. The van der Waals surface area contributed by atoms with E-state index < -0.39 is 0 Å². The van der Waals surface area contributed by atoms with E-state index in [9.17, 15) is 4.79 Å². The minimum atomic E-state index is -0.232. The molecule has 0 atom stereocenters. The Labute approximate surface area is 152 Å². The summed E-state index contributed by atoms with van der Waals surface area (Å²) in [6.45, 7) is 2.26. The highest BCUT2D eigenvalue weighted by Gasteiger charge is 2.05. The van der Waals surface area contributed by atoms with Crippen LogP contribution in [-0.2, 0) is 16.0 Å². The number of unbranched alkanes of at least 4 members (excludes halogenated alkanes) is 8. The Kier molecular flexibility index (Phi) is 12.3. The number of hydrogen-bond donors (Lipinski definition) is 0. The number of esters is 1. The SMILES string of the molecule is CCCCCCCCCC/C=C/C=C/c1cc(CCC(=O)OC)no1. The Morgan fingerprint density at radius 1 is 1.12 bits per heavy atom. The average molecular weight is 347 g/mol. The maximum Gasteiger partial charge on any atom is 0.305 e. The summed E-state index contributed by atoms with van der Waals surface area (Å²) in [7, 11) is 1.39. The summed E-state index contributed by atoms with van der Waals surface area (Å²) in [5.74, 6) is 0.473. The van der Waals surface area contributed by atoms with E-state index in [0.717, 1.165) is 12.1 Å². The van der Waals surface area contributed by atoms with E-state index in [-0.39, 0.29) is 5.97 Å². The monoisotopic (exact) mass is 347 g/mol. The maximum atomic E-state index is 11.1. The van der Waals surface area contributed by atoms with Crippen LogP contribution in [0, 0.1) is 0 Å². The van der Waals surface area contributed by atoms with E-state index in [1.54, 1.807) is 0 Å². The van der Waals surface area contributed by atoms with Gasteiger partial charge >= 0.3 is 5.97 Å². The van der Waals surface area contributed by atoms with Gasteiger partial charge in [0, 0.05) is 12.5 Å². The normalized spacial score (nSPS) is 11.6. The molecule has 0 aliphatic rings. The van der Waals surface area contributed by atoms with Gasteiger partial charge in [-0.1, -0.05) is 75.3 Å². The Morgan fingerprint density at radius 2 is 1.84 bits per heavy atom. The Hall–Kier alpha value is -1.84. The summed E-state index contributed by atoms with van der Waals surface area (Å²) >= 11 is 0. The molecule has 1 aromatic rings. The van der Waals surface area contributed by atoms with Crippen molar-refractivity contribution in [2.75, 3.05) is 7.11 Å². The fourth-order valence-corrected chi connectivity index (χ4v) is 2.58. The second-order valence-corrected chi connectivity index (χ2v) is 6.35. The highest BCUT2D eigenvalue weighted by Crippen LogP contribution is 2.10.